The molecule has 2 rings (SSSR count). The van der Waals surface area contributed by atoms with Crippen molar-refractivity contribution in [2.75, 3.05) is 13.7 Å². The number of nitrogens with one attached hydrogen (secondary N) is 2. The summed E-state index contributed by atoms with van der Waals surface area (Å²) >= 11 is 0. The van der Waals surface area contributed by atoms with Crippen LogP contribution in [0, 0.1) is 13.8 Å². The molecule has 138 valence electrons. The Kier molecular flexibility index (Phi) is 6.60. The van der Waals surface area contributed by atoms with E-state index in [4.69, 9.17) is 9.47 Å². The van der Waals surface area contributed by atoms with Gasteiger partial charge in [-0.25, -0.2) is 0 Å². The summed E-state index contributed by atoms with van der Waals surface area (Å²) in [6, 6.07) is 7.38. The van der Waals surface area contributed by atoms with Crippen molar-refractivity contribution in [3.05, 3.63) is 69.7 Å². The zero-order valence-electron chi connectivity index (χ0n) is 15.3. The van der Waals surface area contributed by atoms with Crippen molar-refractivity contribution in [3.63, 3.8) is 0 Å². The van der Waals surface area contributed by atoms with Gasteiger partial charge >= 0.3 is 0 Å². The maximum absolute atomic E-state index is 12.0. The highest BCUT2D eigenvalue weighted by atomic mass is 16.5. The Hall–Kier alpha value is -3.02. The highest BCUT2D eigenvalue weighted by Crippen LogP contribution is 2.28. The van der Waals surface area contributed by atoms with Gasteiger partial charge in [0.25, 0.3) is 11.5 Å². The quantitative estimate of drug-likeness (QED) is 0.712. The molecule has 0 aliphatic rings. The number of hydrogen-bond donors (Lipinski definition) is 2. The van der Waals surface area contributed by atoms with Crippen molar-refractivity contribution in [3.8, 4) is 11.5 Å². The van der Waals surface area contributed by atoms with Gasteiger partial charge < -0.3 is 19.8 Å². The molecule has 2 N–H and O–H groups in total. The van der Waals surface area contributed by atoms with E-state index in [0.717, 1.165) is 23.2 Å². The number of carbonyl (C=O) groups excluding carboxylic acids is 1. The minimum absolute atomic E-state index is 0.152. The standard InChI is InChI=1S/C20H24N2O4/c1-5-6-15-7-8-17(18(10-15)25-4)26-12-19(23)21-11-16-13(2)9-14(3)22-20(16)24/h5,7-10H,1,6,11-12H2,2-4H3,(H,21,23)(H,22,24). The Morgan fingerprint density at radius 2 is 2.04 bits per heavy atom. The van der Waals surface area contributed by atoms with Crippen LogP contribution >= 0.6 is 0 Å². The summed E-state index contributed by atoms with van der Waals surface area (Å²) in [5.41, 5.74) is 3.02. The van der Waals surface area contributed by atoms with Crippen LogP contribution in [0.25, 0.3) is 0 Å². The van der Waals surface area contributed by atoms with E-state index in [1.165, 1.54) is 0 Å². The van der Waals surface area contributed by atoms with Gasteiger partial charge in [0.2, 0.25) is 0 Å². The van der Waals surface area contributed by atoms with Crippen molar-refractivity contribution >= 4 is 5.91 Å². The van der Waals surface area contributed by atoms with Crippen LogP contribution in [0.5, 0.6) is 11.5 Å². The topological polar surface area (TPSA) is 80.4 Å². The number of pyridine rings is 1. The molecule has 1 aromatic carbocycles. The van der Waals surface area contributed by atoms with Gasteiger partial charge in [-0.05, 0) is 49.6 Å². The third kappa shape index (κ3) is 4.99. The molecule has 0 bridgehead atoms. The molecule has 0 atom stereocenters. The molecule has 0 unspecified atom stereocenters. The van der Waals surface area contributed by atoms with E-state index in [2.05, 4.69) is 16.9 Å². The number of ether oxygens (including phenoxy) is 2. The summed E-state index contributed by atoms with van der Waals surface area (Å²) in [4.78, 5) is 26.7. The Morgan fingerprint density at radius 1 is 1.27 bits per heavy atom. The maximum atomic E-state index is 12.0. The van der Waals surface area contributed by atoms with Crippen molar-refractivity contribution in [1.82, 2.24) is 10.3 Å². The van der Waals surface area contributed by atoms with Crippen LogP contribution in [0.1, 0.15) is 22.4 Å². The van der Waals surface area contributed by atoms with Crippen LogP contribution < -0.4 is 20.3 Å². The van der Waals surface area contributed by atoms with E-state index in [1.807, 2.05) is 32.0 Å². The highest BCUT2D eigenvalue weighted by molar-refractivity contribution is 5.77. The second-order valence-corrected chi connectivity index (χ2v) is 5.99. The third-order valence-electron chi connectivity index (χ3n) is 3.92. The van der Waals surface area contributed by atoms with E-state index in [-0.39, 0.29) is 24.6 Å². The number of carbonyl (C=O) groups is 1. The Balaban J connectivity index is 1.95. The lowest BCUT2D eigenvalue weighted by atomic mass is 10.1. The first-order valence-corrected chi connectivity index (χ1v) is 8.31. The Morgan fingerprint density at radius 3 is 2.69 bits per heavy atom. The number of methoxy groups -OCH3 is 1. The van der Waals surface area contributed by atoms with Gasteiger partial charge in [-0.1, -0.05) is 12.1 Å². The van der Waals surface area contributed by atoms with Gasteiger partial charge in [-0.3, -0.25) is 9.59 Å². The summed E-state index contributed by atoms with van der Waals surface area (Å²) in [5, 5.41) is 2.70. The summed E-state index contributed by atoms with van der Waals surface area (Å²) in [5.74, 6) is 0.726. The molecular weight excluding hydrogens is 332 g/mol. The van der Waals surface area contributed by atoms with E-state index in [1.54, 1.807) is 19.3 Å². The van der Waals surface area contributed by atoms with Gasteiger partial charge in [-0.15, -0.1) is 6.58 Å². The molecule has 0 aliphatic heterocycles. The zero-order chi connectivity index (χ0) is 19.1. The maximum Gasteiger partial charge on any atom is 0.258 e. The molecule has 1 amide bonds. The SMILES string of the molecule is C=CCc1ccc(OCC(=O)NCc2c(C)cc(C)[nH]c2=O)c(OC)c1. The number of aromatic amines is 1. The van der Waals surface area contributed by atoms with Gasteiger partial charge in [0.15, 0.2) is 18.1 Å². The van der Waals surface area contributed by atoms with Crippen molar-refractivity contribution in [1.29, 1.82) is 0 Å². The van der Waals surface area contributed by atoms with E-state index in [9.17, 15) is 9.59 Å². The molecule has 1 aromatic heterocycles. The fourth-order valence-corrected chi connectivity index (χ4v) is 2.61. The number of benzene rings is 1. The number of hydrogen-bond acceptors (Lipinski definition) is 4. The largest absolute Gasteiger partial charge is 0.493 e. The number of rotatable bonds is 8. The third-order valence-corrected chi connectivity index (χ3v) is 3.92. The smallest absolute Gasteiger partial charge is 0.258 e. The lowest BCUT2D eigenvalue weighted by Crippen LogP contribution is -2.31. The van der Waals surface area contributed by atoms with E-state index < -0.39 is 0 Å². The molecule has 0 fully saturated rings. The molecule has 6 nitrogen and oxygen atoms in total. The average molecular weight is 356 g/mol. The van der Waals surface area contributed by atoms with E-state index >= 15 is 0 Å². The van der Waals surface area contributed by atoms with Crippen molar-refractivity contribution < 1.29 is 14.3 Å². The van der Waals surface area contributed by atoms with Gasteiger partial charge in [0.05, 0.1) is 7.11 Å². The summed E-state index contributed by atoms with van der Waals surface area (Å²) in [6.45, 7) is 7.35. The second kappa shape index (κ2) is 8.89. The number of allylic oxidation sites excluding steroid dienone is 1. The molecule has 0 spiro atoms. The first-order chi connectivity index (χ1) is 12.4. The Labute approximate surface area is 152 Å². The van der Waals surface area contributed by atoms with Crippen LogP contribution in [0.2, 0.25) is 0 Å². The molecule has 0 saturated heterocycles. The van der Waals surface area contributed by atoms with Crippen LogP contribution in [0.4, 0.5) is 0 Å². The normalized spacial score (nSPS) is 10.3. The van der Waals surface area contributed by atoms with Crippen molar-refractivity contribution in [2.45, 2.75) is 26.8 Å². The monoisotopic (exact) mass is 356 g/mol. The van der Waals surface area contributed by atoms with Crippen LogP contribution in [-0.4, -0.2) is 24.6 Å². The zero-order valence-corrected chi connectivity index (χ0v) is 15.3. The number of aromatic nitrogens is 1. The first kappa shape index (κ1) is 19.3. The van der Waals surface area contributed by atoms with Gasteiger partial charge in [-0.2, -0.15) is 0 Å². The van der Waals surface area contributed by atoms with E-state index in [0.29, 0.717) is 17.1 Å². The van der Waals surface area contributed by atoms with Crippen molar-refractivity contribution in [2.24, 2.45) is 0 Å². The molecular formula is C20H24N2O4. The molecule has 1 heterocycles. The molecule has 6 heteroatoms. The highest BCUT2D eigenvalue weighted by Gasteiger charge is 2.10. The molecule has 26 heavy (non-hydrogen) atoms. The fourth-order valence-electron chi connectivity index (χ4n) is 2.61. The number of H-pyrrole nitrogens is 1. The summed E-state index contributed by atoms with van der Waals surface area (Å²) < 4.78 is 10.8. The average Bonchev–Trinajstić information content (AvgIpc) is 2.59. The van der Waals surface area contributed by atoms with Gasteiger partial charge in [0.1, 0.15) is 0 Å². The molecule has 0 radical (unpaired) electrons. The van der Waals surface area contributed by atoms with Crippen LogP contribution in [0.15, 0.2) is 41.7 Å². The fraction of sp³-hybridized carbons (Fsp3) is 0.300. The number of aryl methyl sites for hydroxylation is 2. The number of amides is 1. The molecule has 0 aliphatic carbocycles. The minimum atomic E-state index is -0.318. The summed E-state index contributed by atoms with van der Waals surface area (Å²) in [7, 11) is 1.55. The van der Waals surface area contributed by atoms with Crippen LogP contribution in [-0.2, 0) is 17.8 Å². The minimum Gasteiger partial charge on any atom is -0.493 e. The summed E-state index contributed by atoms with van der Waals surface area (Å²) in [6.07, 6.45) is 2.53. The lowest BCUT2D eigenvalue weighted by molar-refractivity contribution is -0.123. The Bertz CT molecular complexity index is 855. The molecule has 2 aromatic rings. The second-order valence-electron chi connectivity index (χ2n) is 5.99. The molecule has 0 saturated carbocycles. The first-order valence-electron chi connectivity index (χ1n) is 8.31. The predicted molar refractivity (Wildman–Crippen MR) is 101 cm³/mol. The van der Waals surface area contributed by atoms with Gasteiger partial charge in [0, 0.05) is 17.8 Å². The van der Waals surface area contributed by atoms with Crippen LogP contribution in [0.3, 0.4) is 0 Å². The predicted octanol–water partition coefficient (Wildman–Crippen LogP) is 2.42. The lowest BCUT2D eigenvalue weighted by Gasteiger charge is -2.12.